The van der Waals surface area contributed by atoms with Gasteiger partial charge in [-0.2, -0.15) is 5.10 Å². The second kappa shape index (κ2) is 4.89. The molecule has 3 aromatic rings. The van der Waals surface area contributed by atoms with Crippen LogP contribution in [0.2, 0.25) is 0 Å². The van der Waals surface area contributed by atoms with Gasteiger partial charge in [0.25, 0.3) is 0 Å². The normalized spacial score (nSPS) is 12.5. The highest BCUT2D eigenvalue weighted by Gasteiger charge is 2.19. The predicted molar refractivity (Wildman–Crippen MR) is 76.2 cm³/mol. The van der Waals surface area contributed by atoms with Crippen molar-refractivity contribution in [1.29, 1.82) is 0 Å². The number of imidazole rings is 1. The van der Waals surface area contributed by atoms with E-state index in [4.69, 9.17) is 0 Å². The van der Waals surface area contributed by atoms with Crippen molar-refractivity contribution in [2.45, 2.75) is 6.04 Å². The maximum absolute atomic E-state index is 4.45. The third kappa shape index (κ3) is 2.39. The maximum atomic E-state index is 4.45. The number of nitrogens with zero attached hydrogens (tertiary/aromatic N) is 4. The summed E-state index contributed by atoms with van der Waals surface area (Å²) in [6, 6.07) is 6.15. The average Bonchev–Trinajstić information content (AvgIpc) is 3.08. The fraction of sp³-hybridized carbons (Fsp3) is 0.231. The van der Waals surface area contributed by atoms with Gasteiger partial charge in [-0.05, 0) is 11.4 Å². The molecule has 3 aromatic heterocycles. The van der Waals surface area contributed by atoms with E-state index in [-0.39, 0.29) is 6.04 Å². The van der Waals surface area contributed by atoms with Crippen molar-refractivity contribution < 1.29 is 0 Å². The van der Waals surface area contributed by atoms with Gasteiger partial charge in [0.15, 0.2) is 0 Å². The van der Waals surface area contributed by atoms with Crippen molar-refractivity contribution in [3.8, 4) is 0 Å². The first-order valence-electron chi connectivity index (χ1n) is 6.01. The molecule has 0 bridgehead atoms. The molecule has 0 aliphatic carbocycles. The lowest BCUT2D eigenvalue weighted by Gasteiger charge is -2.16. The lowest BCUT2D eigenvalue weighted by atomic mass is 10.2. The van der Waals surface area contributed by atoms with Gasteiger partial charge < -0.3 is 9.88 Å². The number of aromatic nitrogens is 4. The Kier molecular flexibility index (Phi) is 3.08. The van der Waals surface area contributed by atoms with Crippen molar-refractivity contribution in [3.05, 3.63) is 52.9 Å². The molecule has 0 saturated heterocycles. The van der Waals surface area contributed by atoms with E-state index < -0.39 is 0 Å². The van der Waals surface area contributed by atoms with Crippen LogP contribution in [-0.4, -0.2) is 19.3 Å². The number of thiophene rings is 1. The molecule has 0 spiro atoms. The molecule has 1 unspecified atom stereocenters. The molecule has 0 aliphatic rings. The van der Waals surface area contributed by atoms with Crippen LogP contribution in [0.15, 0.2) is 42.2 Å². The fourth-order valence-corrected chi connectivity index (χ4v) is 2.79. The summed E-state index contributed by atoms with van der Waals surface area (Å²) in [7, 11) is 3.91. The lowest BCUT2D eigenvalue weighted by molar-refractivity contribution is 0.736. The molecule has 0 aromatic carbocycles. The van der Waals surface area contributed by atoms with Gasteiger partial charge in [-0.1, -0.05) is 6.07 Å². The first-order valence-corrected chi connectivity index (χ1v) is 6.89. The van der Waals surface area contributed by atoms with E-state index in [1.165, 1.54) is 4.88 Å². The Balaban J connectivity index is 1.95. The van der Waals surface area contributed by atoms with Gasteiger partial charge in [0.1, 0.15) is 17.7 Å². The molecule has 3 heterocycles. The minimum absolute atomic E-state index is 0.0231. The zero-order chi connectivity index (χ0) is 13.2. The predicted octanol–water partition coefficient (Wildman–Crippen LogP) is 2.42. The Labute approximate surface area is 115 Å². The smallest absolute Gasteiger partial charge is 0.148 e. The molecule has 0 fully saturated rings. The molecule has 19 heavy (non-hydrogen) atoms. The van der Waals surface area contributed by atoms with Crippen LogP contribution in [0.4, 0.5) is 5.82 Å². The Bertz CT molecular complexity index is 652. The van der Waals surface area contributed by atoms with Gasteiger partial charge in [0, 0.05) is 43.6 Å². The summed E-state index contributed by atoms with van der Waals surface area (Å²) in [6.45, 7) is 0. The summed E-state index contributed by atoms with van der Waals surface area (Å²) >= 11 is 1.71. The number of rotatable bonds is 4. The zero-order valence-corrected chi connectivity index (χ0v) is 11.6. The van der Waals surface area contributed by atoms with E-state index in [2.05, 4.69) is 32.9 Å². The molecular formula is C13H15N5S. The third-order valence-corrected chi connectivity index (χ3v) is 3.89. The van der Waals surface area contributed by atoms with Gasteiger partial charge in [-0.15, -0.1) is 11.3 Å². The van der Waals surface area contributed by atoms with Crippen LogP contribution in [0.3, 0.4) is 0 Å². The highest BCUT2D eigenvalue weighted by atomic mass is 32.1. The maximum Gasteiger partial charge on any atom is 0.148 e. The molecule has 0 radical (unpaired) electrons. The van der Waals surface area contributed by atoms with Gasteiger partial charge in [0.2, 0.25) is 0 Å². The number of nitrogens with one attached hydrogen (secondary N) is 1. The molecule has 1 N–H and O–H groups in total. The number of hydrogen-bond donors (Lipinski definition) is 1. The van der Waals surface area contributed by atoms with E-state index in [9.17, 15) is 0 Å². The minimum atomic E-state index is 0.0231. The average molecular weight is 273 g/mol. The number of aryl methyl sites for hydroxylation is 2. The second-order valence-electron chi connectivity index (χ2n) is 4.36. The molecular weight excluding hydrogens is 258 g/mol. The van der Waals surface area contributed by atoms with Crippen LogP contribution >= 0.6 is 11.3 Å². The number of anilines is 1. The fourth-order valence-electron chi connectivity index (χ4n) is 2.01. The highest BCUT2D eigenvalue weighted by Crippen LogP contribution is 2.27. The topological polar surface area (TPSA) is 47.7 Å². The van der Waals surface area contributed by atoms with Crippen LogP contribution < -0.4 is 5.32 Å². The zero-order valence-electron chi connectivity index (χ0n) is 10.8. The van der Waals surface area contributed by atoms with Crippen LogP contribution in [0.25, 0.3) is 0 Å². The van der Waals surface area contributed by atoms with Gasteiger partial charge in [0.05, 0.1) is 0 Å². The molecule has 0 saturated carbocycles. The Morgan fingerprint density at radius 2 is 2.16 bits per heavy atom. The van der Waals surface area contributed by atoms with E-state index in [0.29, 0.717) is 0 Å². The lowest BCUT2D eigenvalue weighted by Crippen LogP contribution is -2.16. The van der Waals surface area contributed by atoms with Crippen LogP contribution in [0, 0.1) is 0 Å². The van der Waals surface area contributed by atoms with Crippen LogP contribution in [0.5, 0.6) is 0 Å². The summed E-state index contributed by atoms with van der Waals surface area (Å²) in [5, 5.41) is 9.89. The molecule has 0 aliphatic heterocycles. The summed E-state index contributed by atoms with van der Waals surface area (Å²) in [4.78, 5) is 5.67. The molecule has 3 rings (SSSR count). The monoisotopic (exact) mass is 273 g/mol. The standard InChI is InChI=1S/C13H15N5S/c1-17-8-6-14-13(17)12(10-4-3-9-19-10)15-11-5-7-18(2)16-11/h3-9,12H,1-2H3,(H,15,16). The second-order valence-corrected chi connectivity index (χ2v) is 5.34. The quantitative estimate of drug-likeness (QED) is 0.794. The third-order valence-electron chi connectivity index (χ3n) is 2.95. The Hall–Kier alpha value is -2.08. The van der Waals surface area contributed by atoms with Crippen LogP contribution in [-0.2, 0) is 14.1 Å². The van der Waals surface area contributed by atoms with E-state index in [0.717, 1.165) is 11.6 Å². The molecule has 1 atom stereocenters. The Morgan fingerprint density at radius 3 is 2.74 bits per heavy atom. The van der Waals surface area contributed by atoms with E-state index in [1.807, 2.05) is 43.3 Å². The van der Waals surface area contributed by atoms with Crippen molar-refractivity contribution in [1.82, 2.24) is 19.3 Å². The summed E-state index contributed by atoms with van der Waals surface area (Å²) in [5.74, 6) is 1.83. The van der Waals surface area contributed by atoms with Gasteiger partial charge >= 0.3 is 0 Å². The van der Waals surface area contributed by atoms with E-state index in [1.54, 1.807) is 16.0 Å². The van der Waals surface area contributed by atoms with Crippen molar-refractivity contribution in [2.24, 2.45) is 14.1 Å². The largest absolute Gasteiger partial charge is 0.354 e. The van der Waals surface area contributed by atoms with Gasteiger partial charge in [-0.25, -0.2) is 4.98 Å². The minimum Gasteiger partial charge on any atom is -0.354 e. The van der Waals surface area contributed by atoms with Gasteiger partial charge in [-0.3, -0.25) is 4.68 Å². The summed E-state index contributed by atoms with van der Waals surface area (Å²) < 4.78 is 3.81. The SMILES string of the molecule is Cn1ccc(NC(c2cccs2)c2nccn2C)n1. The first-order chi connectivity index (χ1) is 9.24. The molecule has 6 heteroatoms. The van der Waals surface area contributed by atoms with Crippen molar-refractivity contribution >= 4 is 17.2 Å². The van der Waals surface area contributed by atoms with Crippen molar-refractivity contribution in [2.75, 3.05) is 5.32 Å². The van der Waals surface area contributed by atoms with Crippen LogP contribution in [0.1, 0.15) is 16.7 Å². The first kappa shape index (κ1) is 12.0. The van der Waals surface area contributed by atoms with E-state index >= 15 is 0 Å². The van der Waals surface area contributed by atoms with Crippen molar-refractivity contribution in [3.63, 3.8) is 0 Å². The molecule has 0 amide bonds. The number of hydrogen-bond acceptors (Lipinski definition) is 4. The molecule has 98 valence electrons. The summed E-state index contributed by atoms with van der Waals surface area (Å²) in [6.07, 6.45) is 5.69. The summed E-state index contributed by atoms with van der Waals surface area (Å²) in [5.41, 5.74) is 0. The highest BCUT2D eigenvalue weighted by molar-refractivity contribution is 7.10. The Morgan fingerprint density at radius 1 is 1.26 bits per heavy atom. The molecule has 5 nitrogen and oxygen atoms in total.